The number of carboxylic acid groups (broad SMARTS) is 3. The smallest absolute Gasteiger partial charge is 0.550 e. The normalized spacial score (nSPS) is 11.2. The van der Waals surface area contributed by atoms with Crippen LogP contribution in [0.1, 0.15) is 310 Å². The number of aliphatic hydroxyl groups is 1. The molecule has 0 saturated carbocycles. The first-order valence-electron chi connectivity index (χ1n) is 26.6. The molecule has 1 N–H and O–H groups in total. The van der Waals surface area contributed by atoms with Gasteiger partial charge in [0.25, 0.3) is 0 Å². The molecule has 0 aromatic heterocycles. The Kier molecular flexibility index (Phi) is 74.9. The van der Waals surface area contributed by atoms with Crippen molar-refractivity contribution in [2.75, 3.05) is 0 Å². The average Bonchev–Trinajstić information content (AvgIpc) is 3.23. The van der Waals surface area contributed by atoms with Gasteiger partial charge >= 0.3 is 46.6 Å². The van der Waals surface area contributed by atoms with Gasteiger partial charge < -0.3 is 34.8 Å². The SMILES string of the molecule is CCCCCCCCCCCCCCCCCC(=O)[O-].CCCCCCCCCCCCCCCCCC(=O)[O-].CCCCCC[C@@H](O)C/C=C\CCCCCCCC(=O)[O-].[Cu+2].[Na+]. The van der Waals surface area contributed by atoms with Gasteiger partial charge in [-0.2, -0.15) is 0 Å². The number of hydrogen-bond donors (Lipinski definition) is 1. The Bertz CT molecular complexity index is 859. The van der Waals surface area contributed by atoms with Crippen molar-refractivity contribution < 1.29 is 81.4 Å². The van der Waals surface area contributed by atoms with Crippen molar-refractivity contribution >= 4 is 17.9 Å². The first-order valence-corrected chi connectivity index (χ1v) is 26.6. The van der Waals surface area contributed by atoms with Crippen molar-refractivity contribution in [2.24, 2.45) is 0 Å². The predicted octanol–water partition coefficient (Wildman–Crippen LogP) is 10.7. The van der Waals surface area contributed by atoms with Gasteiger partial charge in [0.2, 0.25) is 0 Å². The standard InChI is InChI=1S/C18H34O3.2C18H36O2.Cu.Na/c1-2-3-4-11-14-17(19)15-12-9-7-5-6-8-10-13-16-18(20)21;2*1-2-3-4-5-6-7-8-9-10-11-12-13-14-15-16-17-18(19)20;;/h9,12,17,19H,2-8,10-11,13-16H2,1H3,(H,20,21);2*2-17H2,1H3,(H,19,20);;/q;;;+2;+1/p-3/b12-9-;;;;/t17-;;;;/m1..../s1. The molecule has 1 atom stereocenters. The minimum Gasteiger partial charge on any atom is -0.550 e. The van der Waals surface area contributed by atoms with Crippen molar-refractivity contribution in [3.8, 4) is 0 Å². The molecule has 373 valence electrons. The maximum atomic E-state index is 10.2. The Morgan fingerprint density at radius 2 is 0.587 bits per heavy atom. The summed E-state index contributed by atoms with van der Waals surface area (Å²) in [5, 5.41) is 40.5. The van der Waals surface area contributed by atoms with Gasteiger partial charge in [0, 0.05) is 17.9 Å². The zero-order valence-corrected chi connectivity index (χ0v) is 45.2. The van der Waals surface area contributed by atoms with E-state index in [4.69, 9.17) is 0 Å². The molecule has 0 unspecified atom stereocenters. The van der Waals surface area contributed by atoms with Crippen molar-refractivity contribution in [3.63, 3.8) is 0 Å². The summed E-state index contributed by atoms with van der Waals surface area (Å²) >= 11 is 0. The average molecular weight is 951 g/mol. The number of carboxylic acids is 3. The molecule has 0 aliphatic heterocycles. The van der Waals surface area contributed by atoms with Gasteiger partial charge in [0.1, 0.15) is 0 Å². The minimum atomic E-state index is -0.939. The van der Waals surface area contributed by atoms with Crippen LogP contribution in [-0.4, -0.2) is 29.1 Å². The van der Waals surface area contributed by atoms with Crippen molar-refractivity contribution in [1.29, 1.82) is 0 Å². The van der Waals surface area contributed by atoms with Gasteiger partial charge in [-0.1, -0.05) is 258 Å². The summed E-state index contributed by atoms with van der Waals surface area (Å²) in [5.74, 6) is -2.74. The summed E-state index contributed by atoms with van der Waals surface area (Å²) in [4.78, 5) is 30.7. The fraction of sp³-hybridized carbons (Fsp3) is 0.907. The third kappa shape index (κ3) is 79.1. The van der Waals surface area contributed by atoms with Crippen LogP contribution < -0.4 is 44.9 Å². The molecule has 0 heterocycles. The molecule has 63 heavy (non-hydrogen) atoms. The number of rotatable bonds is 47. The van der Waals surface area contributed by atoms with Crippen LogP contribution in [0.5, 0.6) is 0 Å². The van der Waals surface area contributed by atoms with Gasteiger partial charge in [-0.25, -0.2) is 0 Å². The van der Waals surface area contributed by atoms with Crippen molar-refractivity contribution in [2.45, 2.75) is 316 Å². The van der Waals surface area contributed by atoms with Gasteiger partial charge in [-0.3, -0.25) is 0 Å². The summed E-state index contributed by atoms with van der Waals surface area (Å²) in [6.45, 7) is 6.73. The number of carbonyl (C=O) groups is 3. The van der Waals surface area contributed by atoms with Gasteiger partial charge in [-0.15, -0.1) is 0 Å². The predicted molar refractivity (Wildman–Crippen MR) is 255 cm³/mol. The van der Waals surface area contributed by atoms with Gasteiger partial charge in [0.15, 0.2) is 0 Å². The molecule has 0 spiro atoms. The Morgan fingerprint density at radius 3 is 0.841 bits per heavy atom. The van der Waals surface area contributed by atoms with E-state index in [9.17, 15) is 34.8 Å². The molecule has 0 aliphatic carbocycles. The molecule has 0 rings (SSSR count). The molecule has 0 fully saturated rings. The van der Waals surface area contributed by atoms with Gasteiger partial charge in [0.05, 0.1) is 6.10 Å². The number of carbonyl (C=O) groups excluding carboxylic acids is 3. The van der Waals surface area contributed by atoms with Crippen LogP contribution in [-0.2, 0) is 31.5 Å². The summed E-state index contributed by atoms with van der Waals surface area (Å²) in [5.41, 5.74) is 0. The number of hydrogen-bond acceptors (Lipinski definition) is 7. The molecule has 7 nitrogen and oxygen atoms in total. The Balaban J connectivity index is -0.000000263. The zero-order valence-electron chi connectivity index (χ0n) is 42.3. The van der Waals surface area contributed by atoms with E-state index >= 15 is 0 Å². The molecular weight excluding hydrogens is 847 g/mol. The van der Waals surface area contributed by atoms with E-state index in [2.05, 4.69) is 32.9 Å². The van der Waals surface area contributed by atoms with E-state index in [1.165, 1.54) is 186 Å². The fourth-order valence-corrected chi connectivity index (χ4v) is 7.64. The van der Waals surface area contributed by atoms with E-state index in [1.807, 2.05) is 0 Å². The molecule has 9 heteroatoms. The third-order valence-electron chi connectivity index (χ3n) is 11.7. The number of aliphatic hydroxyl groups excluding tert-OH is 1. The van der Waals surface area contributed by atoms with E-state index in [1.54, 1.807) is 0 Å². The van der Waals surface area contributed by atoms with Crippen molar-refractivity contribution in [3.05, 3.63) is 12.2 Å². The second-order valence-corrected chi connectivity index (χ2v) is 18.0. The first-order chi connectivity index (χ1) is 29.7. The summed E-state index contributed by atoms with van der Waals surface area (Å²) in [7, 11) is 0. The third-order valence-corrected chi connectivity index (χ3v) is 11.7. The second kappa shape index (κ2) is 65.9. The molecule has 0 amide bonds. The Labute approximate surface area is 424 Å². The van der Waals surface area contributed by atoms with Crippen molar-refractivity contribution in [1.82, 2.24) is 0 Å². The molecule has 0 aromatic rings. The molecule has 0 bridgehead atoms. The largest absolute Gasteiger partial charge is 2.00 e. The summed E-state index contributed by atoms with van der Waals surface area (Å²) in [6.07, 6.45) is 56.7. The Morgan fingerprint density at radius 1 is 0.365 bits per heavy atom. The van der Waals surface area contributed by atoms with Crippen LogP contribution in [0.15, 0.2) is 12.2 Å². The maximum Gasteiger partial charge on any atom is 2.00 e. The minimum absolute atomic E-state index is 0. The zero-order chi connectivity index (χ0) is 45.5. The van der Waals surface area contributed by atoms with Crippen LogP contribution >= 0.6 is 0 Å². The summed E-state index contributed by atoms with van der Waals surface area (Å²) < 4.78 is 0. The second-order valence-electron chi connectivity index (χ2n) is 18.0. The first kappa shape index (κ1) is 71.6. The number of unbranched alkanes of at least 4 members (excludes halogenated alkanes) is 36. The molecule has 0 aromatic carbocycles. The summed E-state index contributed by atoms with van der Waals surface area (Å²) in [6, 6.07) is 0. The topological polar surface area (TPSA) is 141 Å². The number of aliphatic carboxylic acids is 3. The van der Waals surface area contributed by atoms with Crippen LogP contribution in [0.3, 0.4) is 0 Å². The van der Waals surface area contributed by atoms with E-state index < -0.39 is 17.9 Å². The fourth-order valence-electron chi connectivity index (χ4n) is 7.64. The van der Waals surface area contributed by atoms with Crippen LogP contribution in [0.2, 0.25) is 0 Å². The van der Waals surface area contributed by atoms with E-state index in [0.29, 0.717) is 0 Å². The van der Waals surface area contributed by atoms with E-state index in [-0.39, 0.29) is 72.0 Å². The molecule has 0 saturated heterocycles. The van der Waals surface area contributed by atoms with Crippen LogP contribution in [0.25, 0.3) is 0 Å². The maximum absolute atomic E-state index is 10.2. The monoisotopic (exact) mass is 950 g/mol. The molecular formula is C54H103CuNaO7. The Hall–Kier alpha value is -0.371. The number of allylic oxidation sites excluding steroid dienone is 1. The van der Waals surface area contributed by atoms with Gasteiger partial charge in [-0.05, 0) is 64.2 Å². The van der Waals surface area contributed by atoms with Crippen LogP contribution in [0, 0.1) is 0 Å². The van der Waals surface area contributed by atoms with Crippen LogP contribution in [0.4, 0.5) is 0 Å². The van der Waals surface area contributed by atoms with E-state index in [0.717, 1.165) is 83.5 Å². The molecule has 0 aliphatic rings. The molecule has 1 radical (unpaired) electrons. The quantitative estimate of drug-likeness (QED) is 0.0364.